The Morgan fingerprint density at radius 3 is 1.69 bits per heavy atom. The molecule has 52 heavy (non-hydrogen) atoms. The summed E-state index contributed by atoms with van der Waals surface area (Å²) in [5.41, 5.74) is 12.5. The van der Waals surface area contributed by atoms with Crippen molar-refractivity contribution in [1.82, 2.24) is 9.13 Å². The molecule has 0 saturated heterocycles. The average molecular weight is 665 g/mol. The average Bonchev–Trinajstić information content (AvgIpc) is 3.95. The highest BCUT2D eigenvalue weighted by Gasteiger charge is 2.23. The van der Waals surface area contributed by atoms with Crippen molar-refractivity contribution < 1.29 is 8.83 Å². The number of hydrogen-bond acceptors (Lipinski definition) is 2. The molecule has 242 valence electrons. The molecule has 4 heteroatoms. The number of benzene rings is 8. The van der Waals surface area contributed by atoms with E-state index in [0.717, 1.165) is 77.4 Å². The predicted molar refractivity (Wildman–Crippen MR) is 215 cm³/mol. The highest BCUT2D eigenvalue weighted by molar-refractivity contribution is 6.29. The minimum Gasteiger partial charge on any atom is -0.455 e. The van der Waals surface area contributed by atoms with Gasteiger partial charge in [-0.2, -0.15) is 0 Å². The largest absolute Gasteiger partial charge is 0.455 e. The van der Waals surface area contributed by atoms with Gasteiger partial charge in [0.2, 0.25) is 0 Å². The van der Waals surface area contributed by atoms with Gasteiger partial charge in [0.15, 0.2) is 5.58 Å². The van der Waals surface area contributed by atoms with E-state index in [4.69, 9.17) is 8.83 Å². The summed E-state index contributed by atoms with van der Waals surface area (Å²) in [4.78, 5) is 0. The zero-order valence-corrected chi connectivity index (χ0v) is 27.9. The Hall–Kier alpha value is -7.04. The molecule has 0 bridgehead atoms. The Morgan fingerprint density at radius 2 is 0.904 bits per heavy atom. The second-order valence-electron chi connectivity index (χ2n) is 13.6. The molecule has 0 fully saturated rings. The number of nitrogens with zero attached hydrogens (tertiary/aromatic N) is 2. The Kier molecular flexibility index (Phi) is 5.47. The second kappa shape index (κ2) is 10.3. The van der Waals surface area contributed by atoms with Crippen molar-refractivity contribution in [3.8, 4) is 22.5 Å². The van der Waals surface area contributed by atoms with Gasteiger partial charge in [0.25, 0.3) is 0 Å². The minimum absolute atomic E-state index is 0.880. The molecule has 12 aromatic rings. The monoisotopic (exact) mass is 664 g/mol. The number of rotatable bonds is 3. The van der Waals surface area contributed by atoms with Gasteiger partial charge in [-0.1, -0.05) is 109 Å². The normalized spacial score (nSPS) is 12.2. The molecule has 4 heterocycles. The Balaban J connectivity index is 1.25. The Labute approximate surface area is 296 Å². The van der Waals surface area contributed by atoms with Crippen LogP contribution in [-0.2, 0) is 0 Å². The third-order valence-corrected chi connectivity index (χ3v) is 10.9. The lowest BCUT2D eigenvalue weighted by Gasteiger charge is -2.10. The highest BCUT2D eigenvalue weighted by Crippen LogP contribution is 2.45. The van der Waals surface area contributed by atoms with E-state index >= 15 is 0 Å². The molecule has 0 spiro atoms. The summed E-state index contributed by atoms with van der Waals surface area (Å²) in [5.74, 6) is 0. The van der Waals surface area contributed by atoms with Crippen molar-refractivity contribution in [3.05, 3.63) is 170 Å². The first-order valence-corrected chi connectivity index (χ1v) is 17.7. The third kappa shape index (κ3) is 3.65. The van der Waals surface area contributed by atoms with Crippen LogP contribution in [-0.4, -0.2) is 9.13 Å². The molecule has 0 radical (unpaired) electrons. The van der Waals surface area contributed by atoms with Gasteiger partial charge < -0.3 is 18.0 Å². The Bertz CT molecular complexity index is 3410. The summed E-state index contributed by atoms with van der Waals surface area (Å²) in [6.45, 7) is 0. The molecule has 8 aromatic carbocycles. The SMILES string of the molecule is c1ccc(-n2c3ccccc3c3c4c5cc(-c6cccc7c6oc6ccccc67)ccc5n(-c5cccc6c5oc5ccccc56)c4ccc32)cc1. The summed E-state index contributed by atoms with van der Waals surface area (Å²) in [6, 6.07) is 60.5. The smallest absolute Gasteiger partial charge is 0.159 e. The summed E-state index contributed by atoms with van der Waals surface area (Å²) in [7, 11) is 0. The number of aromatic nitrogens is 2. The molecule has 12 rings (SSSR count). The summed E-state index contributed by atoms with van der Waals surface area (Å²) >= 11 is 0. The molecule has 0 aliphatic carbocycles. The zero-order valence-electron chi connectivity index (χ0n) is 27.9. The summed E-state index contributed by atoms with van der Waals surface area (Å²) in [5, 5.41) is 9.33. The maximum absolute atomic E-state index is 6.66. The van der Waals surface area contributed by atoms with Crippen molar-refractivity contribution >= 4 is 87.5 Å². The van der Waals surface area contributed by atoms with Gasteiger partial charge in [-0.15, -0.1) is 0 Å². The van der Waals surface area contributed by atoms with Crippen LogP contribution >= 0.6 is 0 Å². The molecule has 0 saturated carbocycles. The fourth-order valence-corrected chi connectivity index (χ4v) is 8.73. The first kappa shape index (κ1) is 27.7. The van der Waals surface area contributed by atoms with E-state index in [-0.39, 0.29) is 0 Å². The quantitative estimate of drug-likeness (QED) is 0.188. The Morgan fingerprint density at radius 1 is 0.346 bits per heavy atom. The van der Waals surface area contributed by atoms with E-state index in [1.54, 1.807) is 0 Å². The van der Waals surface area contributed by atoms with E-state index in [1.807, 2.05) is 18.2 Å². The lowest BCUT2D eigenvalue weighted by atomic mass is 9.99. The second-order valence-corrected chi connectivity index (χ2v) is 13.6. The number of hydrogen-bond donors (Lipinski definition) is 0. The number of fused-ring (bicyclic) bond motifs is 13. The molecule has 0 aliphatic rings. The predicted octanol–water partition coefficient (Wildman–Crippen LogP) is 13.3. The van der Waals surface area contributed by atoms with Crippen LogP contribution < -0.4 is 0 Å². The van der Waals surface area contributed by atoms with Gasteiger partial charge in [0.1, 0.15) is 16.7 Å². The van der Waals surface area contributed by atoms with Gasteiger partial charge in [-0.3, -0.25) is 0 Å². The zero-order chi connectivity index (χ0) is 33.9. The van der Waals surface area contributed by atoms with Crippen molar-refractivity contribution in [2.75, 3.05) is 0 Å². The van der Waals surface area contributed by atoms with Crippen LogP contribution in [0.25, 0.3) is 110 Å². The maximum atomic E-state index is 6.66. The van der Waals surface area contributed by atoms with Crippen LogP contribution in [0.3, 0.4) is 0 Å². The fraction of sp³-hybridized carbons (Fsp3) is 0. The van der Waals surface area contributed by atoms with Crippen LogP contribution in [0.5, 0.6) is 0 Å². The first-order chi connectivity index (χ1) is 25.8. The van der Waals surface area contributed by atoms with Gasteiger partial charge in [0.05, 0.1) is 27.8 Å². The van der Waals surface area contributed by atoms with Crippen molar-refractivity contribution in [2.24, 2.45) is 0 Å². The molecule has 0 unspecified atom stereocenters. The molecular formula is C48H28N2O2. The van der Waals surface area contributed by atoms with E-state index in [0.29, 0.717) is 0 Å². The third-order valence-electron chi connectivity index (χ3n) is 10.9. The van der Waals surface area contributed by atoms with Crippen LogP contribution in [0.1, 0.15) is 0 Å². The van der Waals surface area contributed by atoms with E-state index in [1.165, 1.54) is 32.6 Å². The summed E-state index contributed by atoms with van der Waals surface area (Å²) in [6.07, 6.45) is 0. The van der Waals surface area contributed by atoms with Gasteiger partial charge in [-0.05, 0) is 66.2 Å². The van der Waals surface area contributed by atoms with Crippen LogP contribution in [0.4, 0.5) is 0 Å². The van der Waals surface area contributed by atoms with Gasteiger partial charge >= 0.3 is 0 Å². The van der Waals surface area contributed by atoms with Crippen LogP contribution in [0.15, 0.2) is 179 Å². The standard InChI is InChI=1S/C48H28N2O2/c1-2-12-30(13-3-1)49-38-20-7-4-16-36(38)45-40(49)26-27-41-46(45)37-28-29(31-17-10-18-34-32-14-5-8-22-43(32)51-47(31)34)24-25-39(37)50(41)42-21-11-19-35-33-15-6-9-23-44(33)52-48(35)42/h1-28H. The van der Waals surface area contributed by atoms with Crippen LogP contribution in [0, 0.1) is 0 Å². The molecule has 0 N–H and O–H groups in total. The molecule has 4 aromatic heterocycles. The number of furan rings is 2. The molecular weight excluding hydrogens is 637 g/mol. The topological polar surface area (TPSA) is 36.1 Å². The lowest BCUT2D eigenvalue weighted by molar-refractivity contribution is 0.666. The van der Waals surface area contributed by atoms with Crippen molar-refractivity contribution in [3.63, 3.8) is 0 Å². The molecule has 0 amide bonds. The van der Waals surface area contributed by atoms with E-state index < -0.39 is 0 Å². The molecule has 4 nitrogen and oxygen atoms in total. The van der Waals surface area contributed by atoms with E-state index in [2.05, 4.69) is 161 Å². The maximum Gasteiger partial charge on any atom is 0.159 e. The fourth-order valence-electron chi connectivity index (χ4n) is 8.73. The highest BCUT2D eigenvalue weighted by atomic mass is 16.3. The number of para-hydroxylation sites is 6. The first-order valence-electron chi connectivity index (χ1n) is 17.7. The summed E-state index contributed by atoms with van der Waals surface area (Å²) < 4.78 is 18.0. The lowest BCUT2D eigenvalue weighted by Crippen LogP contribution is -1.95. The van der Waals surface area contributed by atoms with Gasteiger partial charge in [0, 0.05) is 54.3 Å². The minimum atomic E-state index is 0.880. The molecule has 0 aliphatic heterocycles. The van der Waals surface area contributed by atoms with Gasteiger partial charge in [-0.25, -0.2) is 0 Å². The van der Waals surface area contributed by atoms with E-state index in [9.17, 15) is 0 Å². The van der Waals surface area contributed by atoms with Crippen molar-refractivity contribution in [2.45, 2.75) is 0 Å². The van der Waals surface area contributed by atoms with Crippen molar-refractivity contribution in [1.29, 1.82) is 0 Å². The molecule has 0 atom stereocenters. The van der Waals surface area contributed by atoms with Crippen LogP contribution in [0.2, 0.25) is 0 Å².